The number of sulfonamides is 1. The van der Waals surface area contributed by atoms with Crippen molar-refractivity contribution in [2.45, 2.75) is 44.2 Å². The fraction of sp³-hybridized carbons (Fsp3) is 0.257. The number of nitrogens with zero attached hydrogens (tertiary/aromatic N) is 2. The van der Waals surface area contributed by atoms with Crippen molar-refractivity contribution in [3.63, 3.8) is 0 Å². The summed E-state index contributed by atoms with van der Waals surface area (Å²) in [6, 6.07) is 30.9. The predicted molar refractivity (Wildman–Crippen MR) is 173 cm³/mol. The average molecular weight is 614 g/mol. The van der Waals surface area contributed by atoms with E-state index in [1.165, 1.54) is 17.0 Å². The van der Waals surface area contributed by atoms with E-state index in [4.69, 9.17) is 4.74 Å². The van der Waals surface area contributed by atoms with Crippen molar-refractivity contribution in [3.05, 3.63) is 126 Å². The molecule has 0 saturated heterocycles. The number of amides is 2. The van der Waals surface area contributed by atoms with Gasteiger partial charge in [-0.15, -0.1) is 0 Å². The van der Waals surface area contributed by atoms with Crippen LogP contribution in [0.2, 0.25) is 0 Å². The van der Waals surface area contributed by atoms with Crippen molar-refractivity contribution in [2.24, 2.45) is 0 Å². The zero-order chi connectivity index (χ0) is 31.5. The second-order valence-corrected chi connectivity index (χ2v) is 12.4. The summed E-state index contributed by atoms with van der Waals surface area (Å²) < 4.78 is 34.6. The third kappa shape index (κ3) is 8.26. The first kappa shape index (κ1) is 32.3. The maximum absolute atomic E-state index is 14.4. The van der Waals surface area contributed by atoms with E-state index in [0.29, 0.717) is 18.0 Å². The molecule has 44 heavy (non-hydrogen) atoms. The Morgan fingerprint density at radius 1 is 0.841 bits per heavy atom. The zero-order valence-electron chi connectivity index (χ0n) is 25.3. The van der Waals surface area contributed by atoms with E-state index < -0.39 is 28.5 Å². The van der Waals surface area contributed by atoms with Gasteiger partial charge in [-0.05, 0) is 60.9 Å². The zero-order valence-corrected chi connectivity index (χ0v) is 26.2. The molecule has 0 fully saturated rings. The maximum Gasteiger partial charge on any atom is 0.264 e. The predicted octanol–water partition coefficient (Wildman–Crippen LogP) is 5.37. The normalized spacial score (nSPS) is 11.8. The van der Waals surface area contributed by atoms with Crippen LogP contribution in [0.1, 0.15) is 30.0 Å². The fourth-order valence-corrected chi connectivity index (χ4v) is 6.28. The molecule has 0 aromatic heterocycles. The molecule has 1 N–H and O–H groups in total. The van der Waals surface area contributed by atoms with Gasteiger partial charge in [0.2, 0.25) is 11.8 Å². The first-order chi connectivity index (χ1) is 21.2. The summed E-state index contributed by atoms with van der Waals surface area (Å²) in [6.45, 7) is 3.88. The van der Waals surface area contributed by atoms with Crippen LogP contribution in [0.15, 0.2) is 114 Å². The number of hydrogen-bond donors (Lipinski definition) is 1. The average Bonchev–Trinajstić information content (AvgIpc) is 3.05. The number of anilines is 1. The van der Waals surface area contributed by atoms with Gasteiger partial charge in [0, 0.05) is 19.5 Å². The molecule has 4 aromatic carbocycles. The van der Waals surface area contributed by atoms with Crippen LogP contribution >= 0.6 is 0 Å². The largest absolute Gasteiger partial charge is 0.497 e. The van der Waals surface area contributed by atoms with Gasteiger partial charge < -0.3 is 15.0 Å². The first-order valence-electron chi connectivity index (χ1n) is 14.6. The minimum atomic E-state index is -4.13. The van der Waals surface area contributed by atoms with E-state index in [1.807, 2.05) is 62.4 Å². The first-order valence-corrected chi connectivity index (χ1v) is 16.1. The van der Waals surface area contributed by atoms with Crippen molar-refractivity contribution in [1.29, 1.82) is 0 Å². The molecular formula is C35H39N3O5S. The lowest BCUT2D eigenvalue weighted by Crippen LogP contribution is -2.53. The molecule has 0 aliphatic carbocycles. The molecule has 0 aliphatic heterocycles. The number of rotatable bonds is 14. The Kier molecular flexibility index (Phi) is 11.2. The molecule has 1 unspecified atom stereocenters. The number of nitrogens with one attached hydrogen (secondary N) is 1. The van der Waals surface area contributed by atoms with Gasteiger partial charge in [-0.3, -0.25) is 13.9 Å². The summed E-state index contributed by atoms with van der Waals surface area (Å²) in [5, 5.41) is 2.95. The second kappa shape index (κ2) is 15.2. The lowest BCUT2D eigenvalue weighted by atomic mass is 10.0. The number of aryl methyl sites for hydroxylation is 1. The summed E-state index contributed by atoms with van der Waals surface area (Å²) >= 11 is 0. The Balaban J connectivity index is 1.79. The van der Waals surface area contributed by atoms with Gasteiger partial charge in [0.25, 0.3) is 10.0 Å². The molecule has 4 rings (SSSR count). The molecule has 9 heteroatoms. The maximum atomic E-state index is 14.4. The quantitative estimate of drug-likeness (QED) is 0.207. The highest BCUT2D eigenvalue weighted by Crippen LogP contribution is 2.26. The third-order valence-corrected chi connectivity index (χ3v) is 9.03. The highest BCUT2D eigenvalue weighted by molar-refractivity contribution is 7.92. The van der Waals surface area contributed by atoms with Gasteiger partial charge >= 0.3 is 0 Å². The van der Waals surface area contributed by atoms with Crippen LogP contribution < -0.4 is 14.4 Å². The molecule has 0 radical (unpaired) electrons. The molecule has 0 aliphatic rings. The Morgan fingerprint density at radius 3 is 2.11 bits per heavy atom. The molecule has 0 heterocycles. The standard InChI is InChI=1S/C35H39N3O5S/c1-4-22-36-35(40)33(24-28-12-7-5-8-13-28)37(25-29-14-11-15-31(23-29)43-3)34(39)26-38(30-20-18-27(2)19-21-30)44(41,42)32-16-9-6-10-17-32/h5-21,23,33H,4,22,24-26H2,1-3H3,(H,36,40). The van der Waals surface area contributed by atoms with Crippen molar-refractivity contribution in [1.82, 2.24) is 10.2 Å². The number of ether oxygens (including phenoxy) is 1. The second-order valence-electron chi connectivity index (χ2n) is 10.5. The third-order valence-electron chi connectivity index (χ3n) is 7.24. The lowest BCUT2D eigenvalue weighted by molar-refractivity contribution is -0.140. The molecule has 230 valence electrons. The lowest BCUT2D eigenvalue weighted by Gasteiger charge is -2.34. The molecule has 4 aromatic rings. The summed E-state index contributed by atoms with van der Waals surface area (Å²) in [6.07, 6.45) is 0.978. The summed E-state index contributed by atoms with van der Waals surface area (Å²) in [4.78, 5) is 29.7. The Labute approximate surface area is 260 Å². The van der Waals surface area contributed by atoms with Gasteiger partial charge in [0.05, 0.1) is 17.7 Å². The number of carbonyl (C=O) groups excluding carboxylic acids is 2. The number of carbonyl (C=O) groups is 2. The van der Waals surface area contributed by atoms with Crippen LogP contribution in [-0.4, -0.2) is 51.4 Å². The molecule has 1 atom stereocenters. The fourth-order valence-electron chi connectivity index (χ4n) is 4.85. The Morgan fingerprint density at radius 2 is 1.48 bits per heavy atom. The summed E-state index contributed by atoms with van der Waals surface area (Å²) in [7, 11) is -2.57. The highest BCUT2D eigenvalue weighted by Gasteiger charge is 2.34. The van der Waals surface area contributed by atoms with Crippen LogP contribution in [0.4, 0.5) is 5.69 Å². The molecule has 8 nitrogen and oxygen atoms in total. The number of methoxy groups -OCH3 is 1. The van der Waals surface area contributed by atoms with Crippen LogP contribution in [-0.2, 0) is 32.6 Å². The summed E-state index contributed by atoms with van der Waals surface area (Å²) in [5.41, 5.74) is 2.92. The van der Waals surface area contributed by atoms with Crippen LogP contribution in [0.3, 0.4) is 0 Å². The van der Waals surface area contributed by atoms with Gasteiger partial charge in [0.15, 0.2) is 0 Å². The minimum absolute atomic E-state index is 0.0641. The SMILES string of the molecule is CCCNC(=O)C(Cc1ccccc1)N(Cc1cccc(OC)c1)C(=O)CN(c1ccc(C)cc1)S(=O)(=O)c1ccccc1. The highest BCUT2D eigenvalue weighted by atomic mass is 32.2. The van der Waals surface area contributed by atoms with Gasteiger partial charge in [-0.2, -0.15) is 0 Å². The van der Waals surface area contributed by atoms with E-state index in [0.717, 1.165) is 27.4 Å². The van der Waals surface area contributed by atoms with E-state index in [9.17, 15) is 18.0 Å². The Hall–Kier alpha value is -4.63. The van der Waals surface area contributed by atoms with Gasteiger partial charge in [0.1, 0.15) is 18.3 Å². The van der Waals surface area contributed by atoms with Gasteiger partial charge in [-0.25, -0.2) is 8.42 Å². The van der Waals surface area contributed by atoms with E-state index >= 15 is 0 Å². The van der Waals surface area contributed by atoms with Crippen LogP contribution in [0.5, 0.6) is 5.75 Å². The number of hydrogen-bond acceptors (Lipinski definition) is 5. The van der Waals surface area contributed by atoms with Crippen molar-refractivity contribution in [3.8, 4) is 5.75 Å². The molecular weight excluding hydrogens is 574 g/mol. The monoisotopic (exact) mass is 613 g/mol. The van der Waals surface area contributed by atoms with Crippen molar-refractivity contribution < 1.29 is 22.7 Å². The van der Waals surface area contributed by atoms with E-state index in [1.54, 1.807) is 55.6 Å². The van der Waals surface area contributed by atoms with Crippen LogP contribution in [0, 0.1) is 6.92 Å². The van der Waals surface area contributed by atoms with Crippen molar-refractivity contribution in [2.75, 3.05) is 24.5 Å². The Bertz CT molecular complexity index is 1630. The molecule has 0 saturated carbocycles. The van der Waals surface area contributed by atoms with Gasteiger partial charge in [-0.1, -0.05) is 85.3 Å². The summed E-state index contributed by atoms with van der Waals surface area (Å²) in [5.74, 6) is -0.210. The minimum Gasteiger partial charge on any atom is -0.497 e. The molecule has 0 spiro atoms. The van der Waals surface area contributed by atoms with E-state index in [2.05, 4.69) is 5.32 Å². The number of benzene rings is 4. The topological polar surface area (TPSA) is 96.0 Å². The van der Waals surface area contributed by atoms with Crippen LogP contribution in [0.25, 0.3) is 0 Å². The molecule has 0 bridgehead atoms. The smallest absolute Gasteiger partial charge is 0.264 e. The van der Waals surface area contributed by atoms with E-state index in [-0.39, 0.29) is 23.8 Å². The van der Waals surface area contributed by atoms with Crippen molar-refractivity contribution >= 4 is 27.5 Å². The molecule has 2 amide bonds.